The van der Waals surface area contributed by atoms with Gasteiger partial charge in [0.05, 0.1) is 13.5 Å². The maximum absolute atomic E-state index is 13.6. The summed E-state index contributed by atoms with van der Waals surface area (Å²) < 4.78 is 18.5. The summed E-state index contributed by atoms with van der Waals surface area (Å²) in [6.07, 6.45) is 6.80. The van der Waals surface area contributed by atoms with E-state index in [1.54, 1.807) is 12.1 Å². The van der Waals surface area contributed by atoms with Crippen LogP contribution in [0, 0.1) is 5.82 Å². The van der Waals surface area contributed by atoms with Gasteiger partial charge in [-0.15, -0.1) is 0 Å². The molecular formula is C16H22FNO2S. The number of carbonyl (C=O) groups is 1. The van der Waals surface area contributed by atoms with Crippen molar-refractivity contribution < 1.29 is 13.9 Å². The molecule has 2 rings (SSSR count). The van der Waals surface area contributed by atoms with Crippen molar-refractivity contribution in [2.45, 2.75) is 43.4 Å². The van der Waals surface area contributed by atoms with Crippen LogP contribution in [0.2, 0.25) is 0 Å². The molecule has 0 aromatic heterocycles. The van der Waals surface area contributed by atoms with Crippen LogP contribution in [0.25, 0.3) is 0 Å². The highest BCUT2D eigenvalue weighted by Crippen LogP contribution is 2.27. The molecule has 116 valence electrons. The van der Waals surface area contributed by atoms with Crippen LogP contribution in [0.4, 0.5) is 4.39 Å². The summed E-state index contributed by atoms with van der Waals surface area (Å²) in [5.74, 6) is -0.261. The van der Waals surface area contributed by atoms with Gasteiger partial charge in [0.2, 0.25) is 5.91 Å². The fraction of sp³-hybridized carbons (Fsp3) is 0.562. The van der Waals surface area contributed by atoms with Crippen molar-refractivity contribution in [2.75, 3.05) is 13.4 Å². The number of rotatable bonds is 5. The Balaban J connectivity index is 1.88. The van der Waals surface area contributed by atoms with Crippen LogP contribution in [-0.4, -0.2) is 30.6 Å². The smallest absolute Gasteiger partial charge is 0.224 e. The first-order valence-electron chi connectivity index (χ1n) is 7.27. The van der Waals surface area contributed by atoms with Gasteiger partial charge in [0.15, 0.2) is 11.6 Å². The summed E-state index contributed by atoms with van der Waals surface area (Å²) in [5, 5.41) is 3.71. The topological polar surface area (TPSA) is 38.3 Å². The van der Waals surface area contributed by atoms with Crippen molar-refractivity contribution in [1.82, 2.24) is 5.32 Å². The van der Waals surface area contributed by atoms with Crippen LogP contribution in [0.5, 0.6) is 5.75 Å². The number of thioether (sulfide) groups is 1. The lowest BCUT2D eigenvalue weighted by Crippen LogP contribution is -2.39. The Hall–Kier alpha value is -1.23. The van der Waals surface area contributed by atoms with E-state index in [1.807, 2.05) is 11.8 Å². The Labute approximate surface area is 129 Å². The maximum atomic E-state index is 13.6. The molecule has 1 aliphatic carbocycles. The number of benzene rings is 1. The van der Waals surface area contributed by atoms with Crippen molar-refractivity contribution in [3.05, 3.63) is 29.6 Å². The Morgan fingerprint density at radius 2 is 2.29 bits per heavy atom. The predicted octanol–water partition coefficient (Wildman–Crippen LogP) is 3.17. The molecule has 0 bridgehead atoms. The summed E-state index contributed by atoms with van der Waals surface area (Å²) in [6, 6.07) is 4.91. The van der Waals surface area contributed by atoms with Crippen LogP contribution in [0.1, 0.15) is 31.2 Å². The zero-order valence-corrected chi connectivity index (χ0v) is 13.3. The number of hydrogen-bond donors (Lipinski definition) is 1. The summed E-state index contributed by atoms with van der Waals surface area (Å²) in [6.45, 7) is 0. The van der Waals surface area contributed by atoms with Crippen molar-refractivity contribution in [3.63, 3.8) is 0 Å². The van der Waals surface area contributed by atoms with E-state index in [0.29, 0.717) is 10.8 Å². The first kappa shape index (κ1) is 16.1. The van der Waals surface area contributed by atoms with Crippen molar-refractivity contribution in [3.8, 4) is 5.75 Å². The van der Waals surface area contributed by atoms with Gasteiger partial charge < -0.3 is 10.1 Å². The average molecular weight is 311 g/mol. The first-order chi connectivity index (χ1) is 10.1. The molecule has 0 radical (unpaired) electrons. The second-order valence-corrected chi connectivity index (χ2v) is 6.57. The Morgan fingerprint density at radius 3 is 2.95 bits per heavy atom. The molecule has 0 saturated heterocycles. The number of carbonyl (C=O) groups excluding carboxylic acids is 1. The normalized spacial score (nSPS) is 21.9. The number of ether oxygens (including phenoxy) is 1. The molecule has 0 heterocycles. The van der Waals surface area contributed by atoms with Gasteiger partial charge in [0.1, 0.15) is 0 Å². The lowest BCUT2D eigenvalue weighted by atomic mass is 9.94. The molecule has 1 aromatic rings. The fourth-order valence-corrected chi connectivity index (χ4v) is 3.60. The van der Waals surface area contributed by atoms with Gasteiger partial charge in [-0.3, -0.25) is 4.79 Å². The van der Waals surface area contributed by atoms with E-state index in [9.17, 15) is 9.18 Å². The van der Waals surface area contributed by atoms with Gasteiger partial charge in [-0.2, -0.15) is 11.8 Å². The van der Waals surface area contributed by atoms with E-state index >= 15 is 0 Å². The van der Waals surface area contributed by atoms with Gasteiger partial charge in [-0.1, -0.05) is 12.5 Å². The van der Waals surface area contributed by atoms with Crippen molar-refractivity contribution in [1.29, 1.82) is 0 Å². The minimum atomic E-state index is -0.428. The minimum absolute atomic E-state index is 0.0358. The molecule has 2 atom stereocenters. The highest BCUT2D eigenvalue weighted by Gasteiger charge is 2.22. The van der Waals surface area contributed by atoms with Gasteiger partial charge in [0.25, 0.3) is 0 Å². The number of hydrogen-bond acceptors (Lipinski definition) is 3. The monoisotopic (exact) mass is 311 g/mol. The molecule has 1 saturated carbocycles. The average Bonchev–Trinajstić information content (AvgIpc) is 2.47. The molecule has 1 N–H and O–H groups in total. The zero-order chi connectivity index (χ0) is 15.2. The second-order valence-electron chi connectivity index (χ2n) is 5.43. The number of methoxy groups -OCH3 is 1. The van der Waals surface area contributed by atoms with E-state index in [0.717, 1.165) is 19.3 Å². The van der Waals surface area contributed by atoms with Gasteiger partial charge in [-0.25, -0.2) is 4.39 Å². The van der Waals surface area contributed by atoms with Crippen molar-refractivity contribution >= 4 is 17.7 Å². The highest BCUT2D eigenvalue weighted by atomic mass is 32.2. The SMILES string of the molecule is COc1ccc(CC(=O)N[C@@H]2CCC[C@@H](SC)C2)cc1F. The quantitative estimate of drug-likeness (QED) is 0.908. The largest absolute Gasteiger partial charge is 0.494 e. The lowest BCUT2D eigenvalue weighted by Gasteiger charge is -2.28. The Kier molecular flexibility index (Phi) is 5.91. The molecule has 3 nitrogen and oxygen atoms in total. The van der Waals surface area contributed by atoms with Gasteiger partial charge in [-0.05, 0) is 43.2 Å². The molecule has 1 amide bonds. The van der Waals surface area contributed by atoms with Gasteiger partial charge >= 0.3 is 0 Å². The molecule has 1 fully saturated rings. The highest BCUT2D eigenvalue weighted by molar-refractivity contribution is 7.99. The standard InChI is InChI=1S/C16H22FNO2S/c1-20-15-7-6-11(8-14(15)17)9-16(19)18-12-4-3-5-13(10-12)21-2/h6-8,12-13H,3-5,9-10H2,1-2H3,(H,18,19)/t12-,13-/m1/s1. The van der Waals surface area contributed by atoms with Crippen LogP contribution >= 0.6 is 11.8 Å². The number of halogens is 1. The van der Waals surface area contributed by atoms with E-state index in [2.05, 4.69) is 11.6 Å². The molecule has 5 heteroatoms. The van der Waals surface area contributed by atoms with E-state index in [1.165, 1.54) is 19.6 Å². The van der Waals surface area contributed by atoms with Crippen molar-refractivity contribution in [2.24, 2.45) is 0 Å². The number of nitrogens with one attached hydrogen (secondary N) is 1. The van der Waals surface area contributed by atoms with Crippen LogP contribution in [0.3, 0.4) is 0 Å². The van der Waals surface area contributed by atoms with Crippen LogP contribution in [-0.2, 0) is 11.2 Å². The third kappa shape index (κ3) is 4.63. The first-order valence-corrected chi connectivity index (χ1v) is 8.55. The number of amides is 1. The van der Waals surface area contributed by atoms with E-state index < -0.39 is 5.82 Å². The fourth-order valence-electron chi connectivity index (χ4n) is 2.77. The van der Waals surface area contributed by atoms with E-state index in [-0.39, 0.29) is 24.1 Å². The summed E-state index contributed by atoms with van der Waals surface area (Å²) >= 11 is 1.87. The molecule has 0 aliphatic heterocycles. The maximum Gasteiger partial charge on any atom is 0.224 e. The third-order valence-electron chi connectivity index (χ3n) is 3.91. The summed E-state index contributed by atoms with van der Waals surface area (Å²) in [4.78, 5) is 12.1. The van der Waals surface area contributed by atoms with Crippen LogP contribution in [0.15, 0.2) is 18.2 Å². The Bertz CT molecular complexity index is 495. The molecule has 1 aliphatic rings. The van der Waals surface area contributed by atoms with E-state index in [4.69, 9.17) is 4.74 Å². The summed E-state index contributed by atoms with van der Waals surface area (Å²) in [7, 11) is 1.43. The predicted molar refractivity (Wildman–Crippen MR) is 84.4 cm³/mol. The second kappa shape index (κ2) is 7.69. The van der Waals surface area contributed by atoms with Gasteiger partial charge in [0, 0.05) is 11.3 Å². The Morgan fingerprint density at radius 1 is 1.48 bits per heavy atom. The zero-order valence-electron chi connectivity index (χ0n) is 12.5. The summed E-state index contributed by atoms with van der Waals surface area (Å²) in [5.41, 5.74) is 0.669. The molecule has 21 heavy (non-hydrogen) atoms. The molecule has 1 aromatic carbocycles. The van der Waals surface area contributed by atoms with Crippen LogP contribution < -0.4 is 10.1 Å². The molecule has 0 unspecified atom stereocenters. The third-order valence-corrected chi connectivity index (χ3v) is 5.00. The lowest BCUT2D eigenvalue weighted by molar-refractivity contribution is -0.121. The minimum Gasteiger partial charge on any atom is -0.494 e. The molecule has 0 spiro atoms. The molecular weight excluding hydrogens is 289 g/mol.